The summed E-state index contributed by atoms with van der Waals surface area (Å²) in [7, 11) is 0. The Hall–Kier alpha value is -1.36. The number of hydrogen-bond donors (Lipinski definition) is 1. The van der Waals surface area contributed by atoms with Crippen molar-refractivity contribution < 1.29 is 4.42 Å². The van der Waals surface area contributed by atoms with E-state index in [1.807, 2.05) is 13.0 Å². The zero-order valence-electron chi connectivity index (χ0n) is 13.8. The van der Waals surface area contributed by atoms with Gasteiger partial charge in [-0.2, -0.15) is 0 Å². The van der Waals surface area contributed by atoms with Crippen molar-refractivity contribution in [1.82, 2.24) is 10.2 Å². The van der Waals surface area contributed by atoms with Crippen LogP contribution in [0.4, 0.5) is 0 Å². The Morgan fingerprint density at radius 1 is 1.35 bits per heavy atom. The summed E-state index contributed by atoms with van der Waals surface area (Å²) in [4.78, 5) is 14.4. The zero-order chi connectivity index (χ0) is 15.5. The second-order valence-corrected chi connectivity index (χ2v) is 6.21. The molecule has 4 nitrogen and oxygen atoms in total. The number of nitrogens with zero attached hydrogens (tertiary/aromatic N) is 1. The van der Waals surface area contributed by atoms with Crippen molar-refractivity contribution in [2.24, 2.45) is 0 Å². The molecule has 0 spiro atoms. The lowest BCUT2D eigenvalue weighted by Gasteiger charge is -2.28. The zero-order valence-corrected chi connectivity index (χ0v) is 14.6. The number of fused-ring (bicyclic) bond motifs is 1. The van der Waals surface area contributed by atoms with Crippen LogP contribution < -0.4 is 10.9 Å². The van der Waals surface area contributed by atoms with Crippen molar-refractivity contribution in [3.8, 4) is 0 Å². The molecule has 23 heavy (non-hydrogen) atoms. The van der Waals surface area contributed by atoms with Gasteiger partial charge in [-0.15, -0.1) is 12.4 Å². The molecule has 1 aromatic carbocycles. The minimum absolute atomic E-state index is 0. The van der Waals surface area contributed by atoms with Crippen molar-refractivity contribution in [2.45, 2.75) is 39.3 Å². The molecule has 5 heteroatoms. The molecular weight excluding hydrogens is 312 g/mol. The second kappa shape index (κ2) is 7.95. The van der Waals surface area contributed by atoms with Gasteiger partial charge < -0.3 is 9.73 Å². The summed E-state index contributed by atoms with van der Waals surface area (Å²) in [6, 6.07) is 8.31. The van der Waals surface area contributed by atoms with Crippen LogP contribution in [0.2, 0.25) is 0 Å². The van der Waals surface area contributed by atoms with E-state index in [4.69, 9.17) is 4.42 Å². The largest absolute Gasteiger partial charge is 0.423 e. The Morgan fingerprint density at radius 2 is 2.17 bits per heavy atom. The van der Waals surface area contributed by atoms with Gasteiger partial charge in [0.1, 0.15) is 5.58 Å². The monoisotopic (exact) mass is 336 g/mol. The highest BCUT2D eigenvalue weighted by Gasteiger charge is 2.22. The van der Waals surface area contributed by atoms with Crippen molar-refractivity contribution >= 4 is 23.4 Å². The van der Waals surface area contributed by atoms with Gasteiger partial charge in [-0.25, -0.2) is 4.79 Å². The quantitative estimate of drug-likeness (QED) is 0.852. The van der Waals surface area contributed by atoms with Crippen LogP contribution in [0.5, 0.6) is 0 Å². The summed E-state index contributed by atoms with van der Waals surface area (Å²) >= 11 is 0. The SMILES string of the molecule is CCCN(Cc1cc(=O)oc2cc(C)ccc12)C1CCNC1.Cl. The van der Waals surface area contributed by atoms with Gasteiger partial charge in [0, 0.05) is 30.6 Å². The van der Waals surface area contributed by atoms with Gasteiger partial charge in [-0.1, -0.05) is 19.1 Å². The summed E-state index contributed by atoms with van der Waals surface area (Å²) in [5.74, 6) is 0. The Bertz CT molecular complexity index is 708. The minimum Gasteiger partial charge on any atom is -0.423 e. The molecule has 0 aliphatic carbocycles. The number of benzene rings is 1. The number of rotatable bonds is 5. The second-order valence-electron chi connectivity index (χ2n) is 6.21. The van der Waals surface area contributed by atoms with Gasteiger partial charge in [0.25, 0.3) is 0 Å². The van der Waals surface area contributed by atoms with Crippen molar-refractivity contribution in [1.29, 1.82) is 0 Å². The molecule has 3 rings (SSSR count). The maximum Gasteiger partial charge on any atom is 0.336 e. The predicted octanol–water partition coefficient (Wildman–Crippen LogP) is 3.10. The highest BCUT2D eigenvalue weighted by molar-refractivity contribution is 5.85. The van der Waals surface area contributed by atoms with Crippen molar-refractivity contribution in [2.75, 3.05) is 19.6 Å². The molecule has 1 atom stereocenters. The molecule has 0 radical (unpaired) electrons. The molecule has 1 N–H and O–H groups in total. The molecule has 1 unspecified atom stereocenters. The van der Waals surface area contributed by atoms with E-state index in [-0.39, 0.29) is 18.0 Å². The van der Waals surface area contributed by atoms with Crippen LogP contribution in [0, 0.1) is 6.92 Å². The van der Waals surface area contributed by atoms with Crippen LogP contribution in [0.15, 0.2) is 33.5 Å². The van der Waals surface area contributed by atoms with Crippen LogP contribution in [0.3, 0.4) is 0 Å². The number of hydrogen-bond acceptors (Lipinski definition) is 4. The minimum atomic E-state index is -0.255. The molecule has 1 aliphatic rings. The van der Waals surface area contributed by atoms with Gasteiger partial charge in [-0.3, -0.25) is 4.90 Å². The van der Waals surface area contributed by atoms with Crippen LogP contribution in [-0.4, -0.2) is 30.6 Å². The summed E-state index contributed by atoms with van der Waals surface area (Å²) in [5.41, 5.74) is 2.63. The summed E-state index contributed by atoms with van der Waals surface area (Å²) in [6.45, 7) is 8.21. The first kappa shape index (κ1) is 18.0. The van der Waals surface area contributed by atoms with Gasteiger partial charge in [0.05, 0.1) is 0 Å². The van der Waals surface area contributed by atoms with Gasteiger partial charge in [0.15, 0.2) is 0 Å². The van der Waals surface area contributed by atoms with Crippen molar-refractivity contribution in [3.63, 3.8) is 0 Å². The van der Waals surface area contributed by atoms with Crippen LogP contribution in [-0.2, 0) is 6.54 Å². The lowest BCUT2D eigenvalue weighted by molar-refractivity contribution is 0.200. The molecule has 1 saturated heterocycles. The highest BCUT2D eigenvalue weighted by atomic mass is 35.5. The Kier molecular flexibility index (Phi) is 6.22. The molecule has 1 aliphatic heterocycles. The van der Waals surface area contributed by atoms with Crippen molar-refractivity contribution in [3.05, 3.63) is 45.8 Å². The van der Waals surface area contributed by atoms with E-state index in [2.05, 4.69) is 29.3 Å². The lowest BCUT2D eigenvalue weighted by Crippen LogP contribution is -2.37. The number of aryl methyl sites for hydroxylation is 1. The first-order valence-electron chi connectivity index (χ1n) is 8.15. The van der Waals surface area contributed by atoms with Crippen LogP contribution >= 0.6 is 12.4 Å². The van der Waals surface area contributed by atoms with Gasteiger partial charge in [0.2, 0.25) is 0 Å². The summed E-state index contributed by atoms with van der Waals surface area (Å²) < 4.78 is 5.36. The molecule has 0 saturated carbocycles. The molecule has 0 amide bonds. The average molecular weight is 337 g/mol. The van der Waals surface area contributed by atoms with Crippen LogP contribution in [0.1, 0.15) is 30.9 Å². The molecule has 2 heterocycles. The standard InChI is InChI=1S/C18H24N2O2.ClH/c1-3-8-20(15-6-7-19-11-15)12-14-10-18(21)22-17-9-13(2)4-5-16(14)17;/h4-5,9-10,15,19H,3,6-8,11-12H2,1-2H3;1H. The Labute approximate surface area is 143 Å². The first-order chi connectivity index (χ1) is 10.7. The molecule has 126 valence electrons. The highest BCUT2D eigenvalue weighted by Crippen LogP contribution is 2.22. The molecule has 1 fully saturated rings. The molecule has 1 aromatic heterocycles. The lowest BCUT2D eigenvalue weighted by atomic mass is 10.1. The van der Waals surface area contributed by atoms with Gasteiger partial charge >= 0.3 is 5.63 Å². The normalized spacial score (nSPS) is 17.6. The third kappa shape index (κ3) is 4.14. The Balaban J connectivity index is 0.00000192. The smallest absolute Gasteiger partial charge is 0.336 e. The van der Waals surface area contributed by atoms with E-state index in [9.17, 15) is 4.79 Å². The fourth-order valence-electron chi connectivity index (χ4n) is 3.32. The fourth-order valence-corrected chi connectivity index (χ4v) is 3.32. The number of nitrogens with one attached hydrogen (secondary N) is 1. The maximum atomic E-state index is 11.9. The van der Waals surface area contributed by atoms with Gasteiger partial charge in [-0.05, 0) is 50.0 Å². The topological polar surface area (TPSA) is 45.5 Å². The average Bonchev–Trinajstić information content (AvgIpc) is 3.00. The number of halogens is 1. The third-order valence-corrected chi connectivity index (χ3v) is 4.42. The van der Waals surface area contributed by atoms with E-state index in [0.717, 1.165) is 49.1 Å². The third-order valence-electron chi connectivity index (χ3n) is 4.42. The van der Waals surface area contributed by atoms with E-state index < -0.39 is 0 Å². The Morgan fingerprint density at radius 3 is 2.87 bits per heavy atom. The van der Waals surface area contributed by atoms with E-state index in [1.54, 1.807) is 6.07 Å². The summed E-state index contributed by atoms with van der Waals surface area (Å²) in [5, 5.41) is 4.48. The van der Waals surface area contributed by atoms with E-state index in [1.165, 1.54) is 6.42 Å². The molecule has 0 bridgehead atoms. The predicted molar refractivity (Wildman–Crippen MR) is 96.4 cm³/mol. The summed E-state index contributed by atoms with van der Waals surface area (Å²) in [6.07, 6.45) is 2.30. The molecule has 2 aromatic rings. The first-order valence-corrected chi connectivity index (χ1v) is 8.15. The maximum absolute atomic E-state index is 11.9. The van der Waals surface area contributed by atoms with Crippen LogP contribution in [0.25, 0.3) is 11.0 Å². The van der Waals surface area contributed by atoms with E-state index in [0.29, 0.717) is 11.6 Å². The fraction of sp³-hybridized carbons (Fsp3) is 0.500. The molecular formula is C18H25ClN2O2. The van der Waals surface area contributed by atoms with E-state index >= 15 is 0 Å².